The maximum atomic E-state index is 13.3. The molecule has 4 rings (SSSR count). The maximum absolute atomic E-state index is 13.3. The Morgan fingerprint density at radius 1 is 1.24 bits per heavy atom. The van der Waals surface area contributed by atoms with Crippen molar-refractivity contribution in [3.05, 3.63) is 53.6 Å². The van der Waals surface area contributed by atoms with Crippen LogP contribution < -0.4 is 9.04 Å². The van der Waals surface area contributed by atoms with Crippen LogP contribution in [0.5, 0.6) is 5.75 Å². The molecule has 154 valence electrons. The number of nitrogens with zero attached hydrogens (tertiary/aromatic N) is 1. The first-order valence-corrected chi connectivity index (χ1v) is 11.0. The number of hydrogen-bond acceptors (Lipinski definition) is 6. The molecule has 2 aliphatic rings. The minimum absolute atomic E-state index is 0.0269. The van der Waals surface area contributed by atoms with Gasteiger partial charge in [-0.3, -0.25) is 4.31 Å². The third-order valence-corrected chi connectivity index (χ3v) is 7.06. The largest absolute Gasteiger partial charge is 0.496 e. The molecule has 1 unspecified atom stereocenters. The highest BCUT2D eigenvalue weighted by Crippen LogP contribution is 2.34. The molecule has 2 heterocycles. The Hall–Kier alpha value is -2.58. The highest BCUT2D eigenvalue weighted by Gasteiger charge is 2.32. The van der Waals surface area contributed by atoms with Gasteiger partial charge in [0.05, 0.1) is 23.8 Å². The van der Waals surface area contributed by atoms with Crippen LogP contribution in [-0.4, -0.2) is 47.4 Å². The van der Waals surface area contributed by atoms with Crippen LogP contribution in [-0.2, 0) is 25.9 Å². The number of anilines is 1. The summed E-state index contributed by atoms with van der Waals surface area (Å²) < 4.78 is 43.9. The van der Waals surface area contributed by atoms with Gasteiger partial charge in [-0.25, -0.2) is 13.2 Å². The molecule has 1 saturated heterocycles. The van der Waals surface area contributed by atoms with Crippen molar-refractivity contribution < 1.29 is 27.4 Å². The van der Waals surface area contributed by atoms with Crippen molar-refractivity contribution >= 4 is 21.7 Å². The van der Waals surface area contributed by atoms with E-state index in [2.05, 4.69) is 0 Å². The van der Waals surface area contributed by atoms with E-state index in [0.717, 1.165) is 18.4 Å². The normalized spacial score (nSPS) is 18.5. The predicted octanol–water partition coefficient (Wildman–Crippen LogP) is 2.78. The van der Waals surface area contributed by atoms with Crippen LogP contribution >= 0.6 is 0 Å². The second-order valence-corrected chi connectivity index (χ2v) is 8.91. The summed E-state index contributed by atoms with van der Waals surface area (Å²) >= 11 is 0. The van der Waals surface area contributed by atoms with Gasteiger partial charge in [-0.1, -0.05) is 18.2 Å². The van der Waals surface area contributed by atoms with Crippen molar-refractivity contribution in [2.45, 2.75) is 30.3 Å². The third-order valence-electron chi connectivity index (χ3n) is 5.25. The molecule has 0 saturated carbocycles. The van der Waals surface area contributed by atoms with E-state index in [1.165, 1.54) is 29.6 Å². The molecule has 0 radical (unpaired) electrons. The number of sulfonamides is 1. The maximum Gasteiger partial charge on any atom is 0.342 e. The Morgan fingerprint density at radius 2 is 2.07 bits per heavy atom. The lowest BCUT2D eigenvalue weighted by atomic mass is 10.2. The molecule has 0 amide bonds. The Balaban J connectivity index is 1.61. The van der Waals surface area contributed by atoms with E-state index < -0.39 is 16.0 Å². The smallest absolute Gasteiger partial charge is 0.342 e. The van der Waals surface area contributed by atoms with Gasteiger partial charge in [0.15, 0.2) is 0 Å². The zero-order chi connectivity index (χ0) is 20.4. The first-order chi connectivity index (χ1) is 14.0. The van der Waals surface area contributed by atoms with Crippen LogP contribution in [0.15, 0.2) is 47.4 Å². The average molecular weight is 417 g/mol. The standard InChI is InChI=1S/C21H23NO6S/c1-26-20-9-8-17(13-18(20)21(23)28-14-16-6-4-12-27-16)29(24,25)22-11-10-15-5-2-3-7-19(15)22/h2-3,5,7-9,13,16H,4,6,10-12,14H2,1H3. The van der Waals surface area contributed by atoms with Gasteiger partial charge < -0.3 is 14.2 Å². The molecule has 0 aromatic heterocycles. The van der Waals surface area contributed by atoms with Crippen LogP contribution in [0.4, 0.5) is 5.69 Å². The number of benzene rings is 2. The van der Waals surface area contributed by atoms with Crippen molar-refractivity contribution in [2.75, 3.05) is 31.2 Å². The van der Waals surface area contributed by atoms with E-state index in [9.17, 15) is 13.2 Å². The third kappa shape index (κ3) is 3.82. The molecule has 0 spiro atoms. The van der Waals surface area contributed by atoms with Crippen molar-refractivity contribution in [2.24, 2.45) is 0 Å². The van der Waals surface area contributed by atoms with Crippen molar-refractivity contribution in [3.8, 4) is 5.75 Å². The van der Waals surface area contributed by atoms with E-state index in [-0.39, 0.29) is 28.9 Å². The fourth-order valence-corrected chi connectivity index (χ4v) is 5.24. The average Bonchev–Trinajstić information content (AvgIpc) is 3.41. The number of carbonyl (C=O) groups is 1. The zero-order valence-corrected chi connectivity index (χ0v) is 17.0. The molecule has 0 aliphatic carbocycles. The number of hydrogen-bond donors (Lipinski definition) is 0. The van der Waals surface area contributed by atoms with Gasteiger partial charge in [0, 0.05) is 13.2 Å². The first-order valence-electron chi connectivity index (χ1n) is 9.58. The molecule has 7 nitrogen and oxygen atoms in total. The SMILES string of the molecule is COc1ccc(S(=O)(=O)N2CCc3ccccc32)cc1C(=O)OCC1CCCO1. The Labute approximate surface area is 170 Å². The van der Waals surface area contributed by atoms with Crippen molar-refractivity contribution in [3.63, 3.8) is 0 Å². The van der Waals surface area contributed by atoms with Gasteiger partial charge in [-0.05, 0) is 49.1 Å². The van der Waals surface area contributed by atoms with Gasteiger partial charge in [-0.2, -0.15) is 0 Å². The number of ether oxygens (including phenoxy) is 3. The molecule has 2 aliphatic heterocycles. The zero-order valence-electron chi connectivity index (χ0n) is 16.2. The molecule has 8 heteroatoms. The molecule has 2 aromatic carbocycles. The molecule has 29 heavy (non-hydrogen) atoms. The lowest BCUT2D eigenvalue weighted by molar-refractivity contribution is 0.0158. The Kier molecular flexibility index (Phi) is 5.47. The molecule has 1 atom stereocenters. The lowest BCUT2D eigenvalue weighted by Crippen LogP contribution is -2.29. The minimum atomic E-state index is -3.82. The second kappa shape index (κ2) is 8.04. The van der Waals surface area contributed by atoms with Crippen LogP contribution in [0.1, 0.15) is 28.8 Å². The molecular weight excluding hydrogens is 394 g/mol. The highest BCUT2D eigenvalue weighted by atomic mass is 32.2. The van der Waals surface area contributed by atoms with E-state index >= 15 is 0 Å². The minimum Gasteiger partial charge on any atom is -0.496 e. The Bertz CT molecular complexity index is 1010. The van der Waals surface area contributed by atoms with Gasteiger partial charge in [0.25, 0.3) is 10.0 Å². The van der Waals surface area contributed by atoms with E-state index in [0.29, 0.717) is 25.3 Å². The molecule has 0 N–H and O–H groups in total. The second-order valence-electron chi connectivity index (χ2n) is 7.05. The number of rotatable bonds is 6. The summed E-state index contributed by atoms with van der Waals surface area (Å²) in [5.74, 6) is -0.362. The number of esters is 1. The predicted molar refractivity (Wildman–Crippen MR) is 107 cm³/mol. The van der Waals surface area contributed by atoms with Crippen LogP contribution in [0.2, 0.25) is 0 Å². The van der Waals surface area contributed by atoms with Crippen LogP contribution in [0, 0.1) is 0 Å². The number of fused-ring (bicyclic) bond motifs is 1. The summed E-state index contributed by atoms with van der Waals surface area (Å²) in [6.45, 7) is 1.17. The fourth-order valence-electron chi connectivity index (χ4n) is 3.71. The highest BCUT2D eigenvalue weighted by molar-refractivity contribution is 7.92. The monoisotopic (exact) mass is 417 g/mol. The number of para-hydroxylation sites is 1. The fraction of sp³-hybridized carbons (Fsp3) is 0.381. The lowest BCUT2D eigenvalue weighted by Gasteiger charge is -2.20. The van der Waals surface area contributed by atoms with Gasteiger partial charge in [0.1, 0.15) is 17.9 Å². The van der Waals surface area contributed by atoms with Gasteiger partial charge in [0.2, 0.25) is 0 Å². The quantitative estimate of drug-likeness (QED) is 0.673. The van der Waals surface area contributed by atoms with Crippen molar-refractivity contribution in [1.82, 2.24) is 0 Å². The molecule has 2 aromatic rings. The molecular formula is C21H23NO6S. The molecule has 0 bridgehead atoms. The summed E-state index contributed by atoms with van der Waals surface area (Å²) in [6.07, 6.45) is 2.32. The Morgan fingerprint density at radius 3 is 2.83 bits per heavy atom. The summed E-state index contributed by atoms with van der Waals surface area (Å²) in [6, 6.07) is 11.7. The van der Waals surface area contributed by atoms with Crippen molar-refractivity contribution in [1.29, 1.82) is 0 Å². The van der Waals surface area contributed by atoms with E-state index in [1.54, 1.807) is 6.07 Å². The summed E-state index contributed by atoms with van der Waals surface area (Å²) in [7, 11) is -2.39. The van der Waals surface area contributed by atoms with Gasteiger partial charge >= 0.3 is 5.97 Å². The van der Waals surface area contributed by atoms with E-state index in [1.807, 2.05) is 18.2 Å². The number of methoxy groups -OCH3 is 1. The summed E-state index contributed by atoms with van der Waals surface area (Å²) in [5.41, 5.74) is 1.74. The number of carbonyl (C=O) groups excluding carboxylic acids is 1. The van der Waals surface area contributed by atoms with Crippen LogP contribution in [0.3, 0.4) is 0 Å². The summed E-state index contributed by atoms with van der Waals surface area (Å²) in [5, 5.41) is 0. The topological polar surface area (TPSA) is 82.1 Å². The van der Waals surface area contributed by atoms with Gasteiger partial charge in [-0.15, -0.1) is 0 Å². The first kappa shape index (κ1) is 19.7. The van der Waals surface area contributed by atoms with E-state index in [4.69, 9.17) is 14.2 Å². The summed E-state index contributed by atoms with van der Waals surface area (Å²) in [4.78, 5) is 12.6. The van der Waals surface area contributed by atoms with Crippen LogP contribution in [0.25, 0.3) is 0 Å². The molecule has 1 fully saturated rings.